The van der Waals surface area contributed by atoms with Crippen molar-refractivity contribution in [3.63, 3.8) is 0 Å². The van der Waals surface area contributed by atoms with E-state index in [9.17, 15) is 8.42 Å². The van der Waals surface area contributed by atoms with Crippen molar-refractivity contribution in [3.05, 3.63) is 33.6 Å². The smallest absolute Gasteiger partial charge is 0.154 e. The molecule has 0 N–H and O–H groups in total. The third-order valence-electron chi connectivity index (χ3n) is 2.44. The van der Waals surface area contributed by atoms with Gasteiger partial charge in [0, 0.05) is 20.3 Å². The highest BCUT2D eigenvalue weighted by Gasteiger charge is 2.14. The molecule has 2 nitrogen and oxygen atoms in total. The van der Waals surface area contributed by atoms with E-state index in [2.05, 4.69) is 15.9 Å². The highest BCUT2D eigenvalue weighted by atomic mass is 79.9. The van der Waals surface area contributed by atoms with Crippen LogP contribution < -0.4 is 0 Å². The molecule has 1 aromatic carbocycles. The van der Waals surface area contributed by atoms with E-state index in [4.69, 9.17) is 0 Å². The molecule has 0 aliphatic rings. The van der Waals surface area contributed by atoms with Crippen LogP contribution in [0.15, 0.2) is 28.1 Å². The van der Waals surface area contributed by atoms with Crippen LogP contribution in [-0.4, -0.2) is 14.2 Å². The molecule has 1 heterocycles. The lowest BCUT2D eigenvalue weighted by molar-refractivity contribution is 0.596. The molecule has 0 bridgehead atoms. The van der Waals surface area contributed by atoms with Crippen molar-refractivity contribution in [2.45, 2.75) is 12.7 Å². The summed E-state index contributed by atoms with van der Waals surface area (Å²) >= 11 is 5.05. The van der Waals surface area contributed by atoms with Gasteiger partial charge in [0.25, 0.3) is 0 Å². The zero-order valence-corrected chi connectivity index (χ0v) is 12.0. The van der Waals surface area contributed by atoms with Crippen molar-refractivity contribution in [2.75, 3.05) is 5.75 Å². The topological polar surface area (TPSA) is 34.1 Å². The van der Waals surface area contributed by atoms with E-state index >= 15 is 0 Å². The molecule has 2 rings (SSSR count). The first-order chi connectivity index (χ1) is 7.53. The van der Waals surface area contributed by atoms with Crippen molar-refractivity contribution in [2.24, 2.45) is 0 Å². The Morgan fingerprint density at radius 2 is 2.12 bits per heavy atom. The second-order valence-electron chi connectivity index (χ2n) is 3.55. The van der Waals surface area contributed by atoms with E-state index in [1.807, 2.05) is 23.6 Å². The summed E-state index contributed by atoms with van der Waals surface area (Å²) in [6.45, 7) is 1.68. The largest absolute Gasteiger partial charge is 0.229 e. The zero-order chi connectivity index (χ0) is 11.8. The SMILES string of the molecule is CCS(=O)(=O)Cc1csc2cccc(Br)c12. The van der Waals surface area contributed by atoms with Crippen LogP contribution in [0.2, 0.25) is 0 Å². The minimum atomic E-state index is -2.96. The van der Waals surface area contributed by atoms with E-state index in [1.165, 1.54) is 0 Å². The van der Waals surface area contributed by atoms with Crippen LogP contribution in [0.3, 0.4) is 0 Å². The molecule has 0 aliphatic carbocycles. The first-order valence-corrected chi connectivity index (χ1v) is 8.38. The summed E-state index contributed by atoms with van der Waals surface area (Å²) in [6, 6.07) is 5.91. The zero-order valence-electron chi connectivity index (χ0n) is 8.73. The van der Waals surface area contributed by atoms with Gasteiger partial charge in [-0.3, -0.25) is 0 Å². The normalized spacial score (nSPS) is 12.1. The van der Waals surface area contributed by atoms with Gasteiger partial charge in [-0.15, -0.1) is 11.3 Å². The van der Waals surface area contributed by atoms with Crippen molar-refractivity contribution >= 4 is 47.2 Å². The van der Waals surface area contributed by atoms with Gasteiger partial charge in [0.05, 0.1) is 5.75 Å². The Bertz CT molecular complexity index is 614. The van der Waals surface area contributed by atoms with Crippen LogP contribution >= 0.6 is 27.3 Å². The van der Waals surface area contributed by atoms with Gasteiger partial charge < -0.3 is 0 Å². The number of rotatable bonds is 3. The third-order valence-corrected chi connectivity index (χ3v) is 5.73. The summed E-state index contributed by atoms with van der Waals surface area (Å²) in [5.41, 5.74) is 0.898. The van der Waals surface area contributed by atoms with E-state index < -0.39 is 9.84 Å². The van der Waals surface area contributed by atoms with Gasteiger partial charge in [-0.2, -0.15) is 0 Å². The molecule has 0 aliphatic heterocycles. The van der Waals surface area contributed by atoms with Crippen LogP contribution in [0.4, 0.5) is 0 Å². The van der Waals surface area contributed by atoms with Crippen LogP contribution in [0, 0.1) is 0 Å². The molecule has 1 aromatic heterocycles. The first kappa shape index (κ1) is 12.1. The van der Waals surface area contributed by atoms with Crippen molar-refractivity contribution < 1.29 is 8.42 Å². The fourth-order valence-corrected chi connectivity index (χ4v) is 4.30. The van der Waals surface area contributed by atoms with Crippen LogP contribution in [0.25, 0.3) is 10.1 Å². The predicted octanol–water partition coefficient (Wildman–Crippen LogP) is 3.60. The second-order valence-corrected chi connectivity index (χ2v) is 7.67. The molecule has 0 radical (unpaired) electrons. The first-order valence-electron chi connectivity index (χ1n) is 4.88. The Morgan fingerprint density at radius 3 is 2.81 bits per heavy atom. The lowest BCUT2D eigenvalue weighted by atomic mass is 10.2. The highest BCUT2D eigenvalue weighted by Crippen LogP contribution is 2.33. The Balaban J connectivity index is 2.54. The van der Waals surface area contributed by atoms with Gasteiger partial charge in [-0.05, 0) is 23.1 Å². The average Bonchev–Trinajstić information content (AvgIpc) is 2.62. The summed E-state index contributed by atoms with van der Waals surface area (Å²) in [5.74, 6) is 0.320. The van der Waals surface area contributed by atoms with Gasteiger partial charge in [-0.25, -0.2) is 8.42 Å². The molecular formula is C11H11BrO2S2. The number of fused-ring (bicyclic) bond motifs is 1. The minimum absolute atomic E-state index is 0.131. The molecule has 0 spiro atoms. The number of sulfone groups is 1. The summed E-state index contributed by atoms with van der Waals surface area (Å²) in [5, 5.41) is 2.97. The lowest BCUT2D eigenvalue weighted by Crippen LogP contribution is -2.05. The predicted molar refractivity (Wildman–Crippen MR) is 72.7 cm³/mol. The second kappa shape index (κ2) is 4.47. The van der Waals surface area contributed by atoms with E-state index in [0.717, 1.165) is 20.1 Å². The monoisotopic (exact) mass is 318 g/mol. The summed E-state index contributed by atoms with van der Waals surface area (Å²) in [6.07, 6.45) is 0. The average molecular weight is 319 g/mol. The maximum absolute atomic E-state index is 11.6. The van der Waals surface area contributed by atoms with Crippen molar-refractivity contribution in [3.8, 4) is 0 Å². The molecule has 86 valence electrons. The third kappa shape index (κ3) is 2.31. The van der Waals surface area contributed by atoms with Gasteiger partial charge in [0.2, 0.25) is 0 Å². The molecule has 2 aromatic rings. The summed E-state index contributed by atoms with van der Waals surface area (Å²) < 4.78 is 25.3. The molecule has 0 amide bonds. The lowest BCUT2D eigenvalue weighted by Gasteiger charge is -2.01. The highest BCUT2D eigenvalue weighted by molar-refractivity contribution is 9.10. The Morgan fingerprint density at radius 1 is 1.38 bits per heavy atom. The molecule has 0 fully saturated rings. The standard InChI is InChI=1S/C11H11BrO2S2/c1-2-16(13,14)7-8-6-15-10-5-3-4-9(12)11(8)10/h3-6H,2,7H2,1H3. The Hall–Kier alpha value is -0.390. The molecule has 0 saturated heterocycles. The van der Waals surface area contributed by atoms with Crippen LogP contribution in [0.5, 0.6) is 0 Å². The number of benzene rings is 1. The minimum Gasteiger partial charge on any atom is -0.229 e. The molecular weight excluding hydrogens is 308 g/mol. The van der Waals surface area contributed by atoms with E-state index in [0.29, 0.717) is 0 Å². The number of thiophene rings is 1. The van der Waals surface area contributed by atoms with Gasteiger partial charge in [0.15, 0.2) is 9.84 Å². The maximum Gasteiger partial charge on any atom is 0.154 e. The Labute approximate surface area is 107 Å². The molecule has 0 saturated carbocycles. The maximum atomic E-state index is 11.6. The summed E-state index contributed by atoms with van der Waals surface area (Å²) in [4.78, 5) is 0. The van der Waals surface area contributed by atoms with Crippen molar-refractivity contribution in [1.82, 2.24) is 0 Å². The van der Waals surface area contributed by atoms with Crippen LogP contribution in [-0.2, 0) is 15.6 Å². The van der Waals surface area contributed by atoms with Gasteiger partial charge in [-0.1, -0.05) is 28.9 Å². The summed E-state index contributed by atoms with van der Waals surface area (Å²) in [7, 11) is -2.96. The number of hydrogen-bond acceptors (Lipinski definition) is 3. The number of hydrogen-bond donors (Lipinski definition) is 0. The molecule has 5 heteroatoms. The fourth-order valence-electron chi connectivity index (χ4n) is 1.55. The molecule has 0 unspecified atom stereocenters. The fraction of sp³-hybridized carbons (Fsp3) is 0.273. The van der Waals surface area contributed by atoms with Gasteiger partial charge >= 0.3 is 0 Å². The van der Waals surface area contributed by atoms with Gasteiger partial charge in [0.1, 0.15) is 0 Å². The Kier molecular flexibility index (Phi) is 3.37. The van der Waals surface area contributed by atoms with Crippen LogP contribution in [0.1, 0.15) is 12.5 Å². The van der Waals surface area contributed by atoms with Crippen molar-refractivity contribution in [1.29, 1.82) is 0 Å². The van der Waals surface area contributed by atoms with E-state index in [-0.39, 0.29) is 11.5 Å². The molecule has 16 heavy (non-hydrogen) atoms. The molecule has 0 atom stereocenters. The van der Waals surface area contributed by atoms with E-state index in [1.54, 1.807) is 18.3 Å². The quantitative estimate of drug-likeness (QED) is 0.866. The number of halogens is 1.